The van der Waals surface area contributed by atoms with Crippen LogP contribution in [0.15, 0.2) is 11.6 Å². The monoisotopic (exact) mass is 234 g/mol. The number of ketones is 1. The van der Waals surface area contributed by atoms with Gasteiger partial charge in [-0.25, -0.2) is 0 Å². The maximum atomic E-state index is 11.8. The lowest BCUT2D eigenvalue weighted by molar-refractivity contribution is -0.124. The maximum Gasteiger partial charge on any atom is 0.133 e. The van der Waals surface area contributed by atoms with Gasteiger partial charge in [-0.05, 0) is 49.4 Å². The van der Waals surface area contributed by atoms with Crippen LogP contribution in [-0.4, -0.2) is 5.78 Å². The van der Waals surface area contributed by atoms with Crippen molar-refractivity contribution in [2.45, 2.75) is 60.3 Å². The summed E-state index contributed by atoms with van der Waals surface area (Å²) in [6.45, 7) is 11.1. The molecule has 0 heterocycles. The van der Waals surface area contributed by atoms with E-state index >= 15 is 0 Å². The Bertz CT molecular complexity index is 364. The van der Waals surface area contributed by atoms with Crippen LogP contribution in [0.5, 0.6) is 0 Å². The summed E-state index contributed by atoms with van der Waals surface area (Å²) in [5, 5.41) is 0. The molecule has 1 fully saturated rings. The zero-order valence-corrected chi connectivity index (χ0v) is 12.0. The molecule has 2 aliphatic carbocycles. The van der Waals surface area contributed by atoms with E-state index in [2.05, 4.69) is 33.8 Å². The number of carbonyl (C=O) groups is 1. The van der Waals surface area contributed by atoms with Crippen LogP contribution < -0.4 is 0 Å². The largest absolute Gasteiger partial charge is 0.300 e. The Hall–Kier alpha value is -0.590. The third kappa shape index (κ3) is 1.88. The zero-order valence-electron chi connectivity index (χ0n) is 12.0. The number of hydrogen-bond acceptors (Lipinski definition) is 1. The third-order valence-electron chi connectivity index (χ3n) is 5.70. The van der Waals surface area contributed by atoms with Crippen molar-refractivity contribution in [2.75, 3.05) is 0 Å². The molecule has 0 radical (unpaired) electrons. The van der Waals surface area contributed by atoms with E-state index in [-0.39, 0.29) is 11.3 Å². The SMILES string of the molecule is CC(=O)C1CC2(C)C(=CC1C)CCCC2(C)C. The average molecular weight is 234 g/mol. The quantitative estimate of drug-likeness (QED) is 0.616. The van der Waals surface area contributed by atoms with Crippen molar-refractivity contribution in [3.05, 3.63) is 11.6 Å². The number of allylic oxidation sites excluding steroid dienone is 2. The highest BCUT2D eigenvalue weighted by atomic mass is 16.1. The van der Waals surface area contributed by atoms with Crippen molar-refractivity contribution < 1.29 is 4.79 Å². The second kappa shape index (κ2) is 3.96. The molecule has 0 spiro atoms. The number of fused-ring (bicyclic) bond motifs is 1. The summed E-state index contributed by atoms with van der Waals surface area (Å²) in [6.07, 6.45) is 7.32. The molecule has 1 saturated carbocycles. The first-order valence-electron chi connectivity index (χ1n) is 6.99. The Kier molecular flexibility index (Phi) is 3.00. The Morgan fingerprint density at radius 1 is 1.35 bits per heavy atom. The van der Waals surface area contributed by atoms with Gasteiger partial charge in [0.15, 0.2) is 0 Å². The lowest BCUT2D eigenvalue weighted by Gasteiger charge is -2.54. The van der Waals surface area contributed by atoms with E-state index in [1.165, 1.54) is 19.3 Å². The lowest BCUT2D eigenvalue weighted by atomic mass is 9.50. The highest BCUT2D eigenvalue weighted by Crippen LogP contribution is 2.59. The first-order valence-corrected chi connectivity index (χ1v) is 6.99. The molecule has 0 saturated heterocycles. The fraction of sp³-hybridized carbons (Fsp3) is 0.812. The van der Waals surface area contributed by atoms with Crippen molar-refractivity contribution in [1.29, 1.82) is 0 Å². The van der Waals surface area contributed by atoms with Crippen LogP contribution in [0.25, 0.3) is 0 Å². The minimum absolute atomic E-state index is 0.237. The van der Waals surface area contributed by atoms with Gasteiger partial charge in [-0.2, -0.15) is 0 Å². The molecular formula is C16H26O. The van der Waals surface area contributed by atoms with Gasteiger partial charge in [0.25, 0.3) is 0 Å². The predicted molar refractivity (Wildman–Crippen MR) is 71.8 cm³/mol. The van der Waals surface area contributed by atoms with Gasteiger partial charge >= 0.3 is 0 Å². The molecule has 0 aromatic heterocycles. The van der Waals surface area contributed by atoms with Crippen LogP contribution in [0, 0.1) is 22.7 Å². The Morgan fingerprint density at radius 3 is 2.59 bits per heavy atom. The van der Waals surface area contributed by atoms with Gasteiger partial charge in [0, 0.05) is 5.92 Å². The molecule has 2 rings (SSSR count). The van der Waals surface area contributed by atoms with Crippen LogP contribution in [0.2, 0.25) is 0 Å². The Morgan fingerprint density at radius 2 is 2.00 bits per heavy atom. The fourth-order valence-corrected chi connectivity index (χ4v) is 3.96. The molecule has 17 heavy (non-hydrogen) atoms. The standard InChI is InChI=1S/C16H26O/c1-11-9-13-7-6-8-15(3,4)16(13,5)10-14(11)12(2)17/h9,11,14H,6-8,10H2,1-5H3. The summed E-state index contributed by atoms with van der Waals surface area (Å²) in [7, 11) is 0. The third-order valence-corrected chi connectivity index (χ3v) is 5.70. The van der Waals surface area contributed by atoms with Gasteiger partial charge in [0.05, 0.1) is 0 Å². The van der Waals surface area contributed by atoms with Crippen molar-refractivity contribution in [1.82, 2.24) is 0 Å². The summed E-state index contributed by atoms with van der Waals surface area (Å²) in [6, 6.07) is 0. The Labute approximate surface area is 106 Å². The normalized spacial score (nSPS) is 40.4. The smallest absolute Gasteiger partial charge is 0.133 e. The zero-order chi connectivity index (χ0) is 12.8. The van der Waals surface area contributed by atoms with Gasteiger partial charge < -0.3 is 0 Å². The second-order valence-corrected chi connectivity index (χ2v) is 7.04. The summed E-state index contributed by atoms with van der Waals surface area (Å²) < 4.78 is 0. The lowest BCUT2D eigenvalue weighted by Crippen LogP contribution is -2.45. The second-order valence-electron chi connectivity index (χ2n) is 7.04. The highest BCUT2D eigenvalue weighted by molar-refractivity contribution is 5.79. The van der Waals surface area contributed by atoms with E-state index in [9.17, 15) is 4.79 Å². The van der Waals surface area contributed by atoms with E-state index in [0.29, 0.717) is 17.1 Å². The first-order chi connectivity index (χ1) is 7.78. The van der Waals surface area contributed by atoms with E-state index < -0.39 is 0 Å². The summed E-state index contributed by atoms with van der Waals surface area (Å²) >= 11 is 0. The van der Waals surface area contributed by atoms with Crippen LogP contribution in [0.3, 0.4) is 0 Å². The number of rotatable bonds is 1. The molecule has 0 N–H and O–H groups in total. The minimum Gasteiger partial charge on any atom is -0.300 e. The highest BCUT2D eigenvalue weighted by Gasteiger charge is 2.50. The van der Waals surface area contributed by atoms with Crippen molar-refractivity contribution in [3.63, 3.8) is 0 Å². The maximum absolute atomic E-state index is 11.8. The van der Waals surface area contributed by atoms with Gasteiger partial charge in [0.1, 0.15) is 5.78 Å². The summed E-state index contributed by atoms with van der Waals surface area (Å²) in [5.41, 5.74) is 2.21. The minimum atomic E-state index is 0.237. The molecule has 0 aromatic carbocycles. The van der Waals surface area contributed by atoms with Gasteiger partial charge in [-0.15, -0.1) is 0 Å². The van der Waals surface area contributed by atoms with Gasteiger partial charge in [-0.1, -0.05) is 39.3 Å². The molecule has 96 valence electrons. The molecule has 0 bridgehead atoms. The fourth-order valence-electron chi connectivity index (χ4n) is 3.96. The van der Waals surface area contributed by atoms with E-state index in [1.807, 2.05) is 0 Å². The number of carbonyl (C=O) groups excluding carboxylic acids is 1. The number of Topliss-reactive ketones (excluding diaryl/α,β-unsaturated/α-hetero) is 1. The average Bonchev–Trinajstić information content (AvgIpc) is 2.20. The van der Waals surface area contributed by atoms with E-state index in [4.69, 9.17) is 0 Å². The molecule has 2 aliphatic rings. The van der Waals surface area contributed by atoms with Crippen LogP contribution in [0.4, 0.5) is 0 Å². The summed E-state index contributed by atoms with van der Waals surface area (Å²) in [4.78, 5) is 11.8. The molecule has 0 aromatic rings. The molecule has 1 heteroatoms. The predicted octanol–water partition coefficient (Wildman–Crippen LogP) is 4.37. The van der Waals surface area contributed by atoms with Crippen molar-refractivity contribution in [2.24, 2.45) is 22.7 Å². The van der Waals surface area contributed by atoms with E-state index in [0.717, 1.165) is 6.42 Å². The molecule has 0 amide bonds. The number of hydrogen-bond donors (Lipinski definition) is 0. The molecule has 3 unspecified atom stereocenters. The molecular weight excluding hydrogens is 208 g/mol. The van der Waals surface area contributed by atoms with E-state index in [1.54, 1.807) is 12.5 Å². The summed E-state index contributed by atoms with van der Waals surface area (Å²) in [5.74, 6) is 1.04. The van der Waals surface area contributed by atoms with Gasteiger partial charge in [0.2, 0.25) is 0 Å². The van der Waals surface area contributed by atoms with Gasteiger partial charge in [-0.3, -0.25) is 4.79 Å². The van der Waals surface area contributed by atoms with Crippen LogP contribution in [0.1, 0.15) is 60.3 Å². The van der Waals surface area contributed by atoms with Crippen LogP contribution in [-0.2, 0) is 4.79 Å². The van der Waals surface area contributed by atoms with Crippen LogP contribution >= 0.6 is 0 Å². The first kappa shape index (κ1) is 12.9. The molecule has 0 aliphatic heterocycles. The Balaban J connectivity index is 2.42. The molecule has 3 atom stereocenters. The topological polar surface area (TPSA) is 17.1 Å². The van der Waals surface area contributed by atoms with Crippen molar-refractivity contribution >= 4 is 5.78 Å². The van der Waals surface area contributed by atoms with Crippen molar-refractivity contribution in [3.8, 4) is 0 Å². The molecule has 1 nitrogen and oxygen atoms in total.